The van der Waals surface area contributed by atoms with Crippen LogP contribution in [0.2, 0.25) is 0 Å². The minimum absolute atomic E-state index is 0.251. The number of likely N-dealkylation sites (tertiary alicyclic amines) is 1. The van der Waals surface area contributed by atoms with E-state index >= 15 is 0 Å². The third kappa shape index (κ3) is 3.87. The fourth-order valence-corrected chi connectivity index (χ4v) is 1.93. The van der Waals surface area contributed by atoms with Gasteiger partial charge >= 0.3 is 0 Å². The number of ketones is 1. The van der Waals surface area contributed by atoms with E-state index < -0.39 is 0 Å². The largest absolute Gasteiger partial charge is 0.396 e. The van der Waals surface area contributed by atoms with Crippen LogP contribution in [-0.2, 0) is 4.79 Å². The van der Waals surface area contributed by atoms with Gasteiger partial charge < -0.3 is 5.11 Å². The predicted octanol–water partition coefficient (Wildman–Crippen LogP) is 0.670. The van der Waals surface area contributed by atoms with Gasteiger partial charge in [0.1, 0.15) is 5.78 Å². The minimum atomic E-state index is 0.251. The van der Waals surface area contributed by atoms with Crippen LogP contribution in [0.4, 0.5) is 0 Å². The lowest BCUT2D eigenvalue weighted by Crippen LogP contribution is -2.36. The summed E-state index contributed by atoms with van der Waals surface area (Å²) in [6.07, 6.45) is 3.19. The van der Waals surface area contributed by atoms with Gasteiger partial charge in [0, 0.05) is 6.61 Å². The number of nitrogens with zero attached hydrogens (tertiary/aromatic N) is 1. The highest BCUT2D eigenvalue weighted by atomic mass is 16.3. The first-order valence-corrected chi connectivity index (χ1v) is 5.05. The molecule has 1 aliphatic rings. The fraction of sp³-hybridized carbons (Fsp3) is 0.900. The van der Waals surface area contributed by atoms with Gasteiger partial charge in [-0.05, 0) is 45.2 Å². The van der Waals surface area contributed by atoms with Crippen LogP contribution in [0.3, 0.4) is 0 Å². The van der Waals surface area contributed by atoms with Gasteiger partial charge in [-0.15, -0.1) is 0 Å². The number of Topliss-reactive ketones (excluding diaryl/α,β-unsaturated/α-hetero) is 1. The lowest BCUT2D eigenvalue weighted by molar-refractivity contribution is -0.118. The molecule has 0 amide bonds. The number of carbonyl (C=O) groups excluding carboxylic acids is 1. The quantitative estimate of drug-likeness (QED) is 0.700. The number of aliphatic hydroxyl groups excluding tert-OH is 1. The van der Waals surface area contributed by atoms with Gasteiger partial charge in [0.05, 0.1) is 6.54 Å². The first-order valence-electron chi connectivity index (χ1n) is 5.05. The van der Waals surface area contributed by atoms with Crippen LogP contribution in [0.15, 0.2) is 0 Å². The van der Waals surface area contributed by atoms with Crippen LogP contribution in [0.1, 0.15) is 26.2 Å². The number of hydrogen-bond donors (Lipinski definition) is 1. The summed E-state index contributed by atoms with van der Waals surface area (Å²) in [6, 6.07) is 0. The molecule has 1 rings (SSSR count). The van der Waals surface area contributed by atoms with Crippen LogP contribution < -0.4 is 0 Å². The van der Waals surface area contributed by atoms with Crippen LogP contribution in [0.25, 0.3) is 0 Å². The van der Waals surface area contributed by atoms with Crippen LogP contribution in [0.5, 0.6) is 0 Å². The second-order valence-electron chi connectivity index (χ2n) is 3.93. The molecule has 1 saturated heterocycles. The number of carbonyl (C=O) groups is 1. The van der Waals surface area contributed by atoms with Gasteiger partial charge in [0.15, 0.2) is 0 Å². The number of hydrogen-bond acceptors (Lipinski definition) is 3. The first kappa shape index (κ1) is 10.7. The lowest BCUT2D eigenvalue weighted by Gasteiger charge is -2.30. The number of rotatable bonds is 4. The minimum Gasteiger partial charge on any atom is -0.396 e. The van der Waals surface area contributed by atoms with E-state index in [-0.39, 0.29) is 5.78 Å². The summed E-state index contributed by atoms with van der Waals surface area (Å²) in [5.41, 5.74) is 0. The Kier molecular flexibility index (Phi) is 4.39. The van der Waals surface area contributed by atoms with Crippen molar-refractivity contribution in [3.05, 3.63) is 0 Å². The summed E-state index contributed by atoms with van der Waals surface area (Å²) < 4.78 is 0. The summed E-state index contributed by atoms with van der Waals surface area (Å²) >= 11 is 0. The van der Waals surface area contributed by atoms with E-state index in [1.807, 2.05) is 0 Å². The van der Waals surface area contributed by atoms with Gasteiger partial charge in [-0.2, -0.15) is 0 Å². The molecule has 0 aromatic rings. The van der Waals surface area contributed by atoms with Crippen molar-refractivity contribution in [2.24, 2.45) is 5.92 Å². The average Bonchev–Trinajstić information content (AvgIpc) is 2.08. The van der Waals surface area contributed by atoms with Crippen molar-refractivity contribution < 1.29 is 9.90 Å². The normalized spacial score (nSPS) is 20.5. The highest BCUT2D eigenvalue weighted by Gasteiger charge is 2.18. The monoisotopic (exact) mass is 185 g/mol. The maximum atomic E-state index is 10.8. The van der Waals surface area contributed by atoms with Gasteiger partial charge in [-0.3, -0.25) is 9.69 Å². The van der Waals surface area contributed by atoms with E-state index in [2.05, 4.69) is 4.90 Å². The molecule has 1 N–H and O–H groups in total. The summed E-state index contributed by atoms with van der Waals surface area (Å²) in [5, 5.41) is 8.76. The SMILES string of the molecule is CC(=O)CN1CCC(CCO)CC1. The summed E-state index contributed by atoms with van der Waals surface area (Å²) in [5.74, 6) is 0.925. The van der Waals surface area contributed by atoms with E-state index in [0.29, 0.717) is 19.1 Å². The van der Waals surface area contributed by atoms with Crippen molar-refractivity contribution in [3.8, 4) is 0 Å². The molecule has 1 aliphatic heterocycles. The third-order valence-corrected chi connectivity index (χ3v) is 2.69. The van der Waals surface area contributed by atoms with Crippen molar-refractivity contribution in [2.75, 3.05) is 26.2 Å². The van der Waals surface area contributed by atoms with E-state index in [4.69, 9.17) is 5.11 Å². The Hall–Kier alpha value is -0.410. The second kappa shape index (κ2) is 5.35. The molecule has 0 unspecified atom stereocenters. The average molecular weight is 185 g/mol. The lowest BCUT2D eigenvalue weighted by atomic mass is 9.94. The van der Waals surface area contributed by atoms with Gasteiger partial charge in [0.2, 0.25) is 0 Å². The summed E-state index contributed by atoms with van der Waals surface area (Å²) in [7, 11) is 0. The van der Waals surface area contributed by atoms with Crippen LogP contribution in [-0.4, -0.2) is 42.0 Å². The Labute approximate surface area is 79.7 Å². The number of aliphatic hydroxyl groups is 1. The Morgan fingerprint density at radius 3 is 2.54 bits per heavy atom. The molecule has 13 heavy (non-hydrogen) atoms. The van der Waals surface area contributed by atoms with E-state index in [9.17, 15) is 4.79 Å². The molecule has 0 aliphatic carbocycles. The molecular formula is C10H19NO2. The predicted molar refractivity (Wildman–Crippen MR) is 51.5 cm³/mol. The molecule has 0 atom stereocenters. The van der Waals surface area contributed by atoms with E-state index in [1.54, 1.807) is 6.92 Å². The first-order chi connectivity index (χ1) is 6.22. The third-order valence-electron chi connectivity index (χ3n) is 2.69. The molecule has 76 valence electrons. The van der Waals surface area contributed by atoms with Crippen LogP contribution in [0, 0.1) is 5.92 Å². The molecule has 0 radical (unpaired) electrons. The molecule has 0 aromatic carbocycles. The van der Waals surface area contributed by atoms with E-state index in [1.165, 1.54) is 0 Å². The Bertz CT molecular complexity index is 162. The molecule has 1 fully saturated rings. The molecule has 0 saturated carbocycles. The van der Waals surface area contributed by atoms with E-state index in [0.717, 1.165) is 32.4 Å². The van der Waals surface area contributed by atoms with Crippen LogP contribution >= 0.6 is 0 Å². The molecular weight excluding hydrogens is 166 g/mol. The van der Waals surface area contributed by atoms with Crippen molar-refractivity contribution >= 4 is 5.78 Å². The summed E-state index contributed by atoms with van der Waals surface area (Å²) in [4.78, 5) is 13.0. The molecule has 3 nitrogen and oxygen atoms in total. The van der Waals surface area contributed by atoms with Gasteiger partial charge in [-0.25, -0.2) is 0 Å². The van der Waals surface area contributed by atoms with Crippen molar-refractivity contribution in [1.29, 1.82) is 0 Å². The highest BCUT2D eigenvalue weighted by molar-refractivity contribution is 5.77. The standard InChI is InChI=1S/C10H19NO2/c1-9(13)8-11-5-2-10(3-6-11)4-7-12/h10,12H,2-8H2,1H3. The Balaban J connectivity index is 2.18. The summed E-state index contributed by atoms with van der Waals surface area (Å²) in [6.45, 7) is 4.58. The molecule has 1 heterocycles. The zero-order valence-electron chi connectivity index (χ0n) is 8.33. The topological polar surface area (TPSA) is 40.5 Å². The second-order valence-corrected chi connectivity index (χ2v) is 3.93. The fourth-order valence-electron chi connectivity index (χ4n) is 1.93. The molecule has 0 bridgehead atoms. The van der Waals surface area contributed by atoms with Gasteiger partial charge in [0.25, 0.3) is 0 Å². The maximum absolute atomic E-state index is 10.8. The van der Waals surface area contributed by atoms with Crippen molar-refractivity contribution in [2.45, 2.75) is 26.2 Å². The molecule has 0 spiro atoms. The molecule has 0 aromatic heterocycles. The highest BCUT2D eigenvalue weighted by Crippen LogP contribution is 2.19. The zero-order valence-corrected chi connectivity index (χ0v) is 8.33. The zero-order chi connectivity index (χ0) is 9.68. The molecule has 3 heteroatoms. The van der Waals surface area contributed by atoms with Crippen molar-refractivity contribution in [1.82, 2.24) is 4.90 Å². The Morgan fingerprint density at radius 1 is 1.46 bits per heavy atom. The smallest absolute Gasteiger partial charge is 0.143 e. The maximum Gasteiger partial charge on any atom is 0.143 e. The van der Waals surface area contributed by atoms with Gasteiger partial charge in [-0.1, -0.05) is 0 Å². The number of piperidine rings is 1. The Morgan fingerprint density at radius 2 is 2.08 bits per heavy atom. The van der Waals surface area contributed by atoms with Crippen molar-refractivity contribution in [3.63, 3.8) is 0 Å².